The number of benzene rings is 1. The zero-order chi connectivity index (χ0) is 14.0. The number of para-hydroxylation sites is 1. The number of amides is 1. The Labute approximate surface area is 115 Å². The SMILES string of the molecule is Cc1ccccc1N1CCC(C)N(C)C(=O)C1CN. The summed E-state index contributed by atoms with van der Waals surface area (Å²) in [7, 11) is 1.87. The van der Waals surface area contributed by atoms with Crippen LogP contribution in [0, 0.1) is 6.92 Å². The average molecular weight is 261 g/mol. The molecule has 0 radical (unpaired) electrons. The molecule has 1 saturated heterocycles. The van der Waals surface area contributed by atoms with Crippen LogP contribution in [0.4, 0.5) is 5.69 Å². The quantitative estimate of drug-likeness (QED) is 0.875. The van der Waals surface area contributed by atoms with Gasteiger partial charge in [0.05, 0.1) is 0 Å². The fourth-order valence-corrected chi connectivity index (χ4v) is 2.66. The topological polar surface area (TPSA) is 49.6 Å². The minimum Gasteiger partial charge on any atom is -0.358 e. The second-order valence-corrected chi connectivity index (χ2v) is 5.32. The molecule has 2 atom stereocenters. The summed E-state index contributed by atoms with van der Waals surface area (Å²) in [5.41, 5.74) is 8.16. The first kappa shape index (κ1) is 13.9. The van der Waals surface area contributed by atoms with Gasteiger partial charge in [-0.3, -0.25) is 4.79 Å². The standard InChI is InChI=1S/C15H23N3O/c1-11-6-4-5-7-13(11)18-9-8-12(2)17(3)15(19)14(18)10-16/h4-7,12,14H,8-10,16H2,1-3H3. The summed E-state index contributed by atoms with van der Waals surface area (Å²) in [5, 5.41) is 0. The summed E-state index contributed by atoms with van der Waals surface area (Å²) in [6.07, 6.45) is 0.965. The van der Waals surface area contributed by atoms with Crippen molar-refractivity contribution in [1.29, 1.82) is 0 Å². The molecule has 0 spiro atoms. The molecule has 4 nitrogen and oxygen atoms in total. The lowest BCUT2D eigenvalue weighted by Crippen LogP contribution is -2.50. The molecule has 1 amide bonds. The molecule has 2 unspecified atom stereocenters. The summed E-state index contributed by atoms with van der Waals surface area (Å²) in [6, 6.07) is 8.18. The summed E-state index contributed by atoms with van der Waals surface area (Å²) in [4.78, 5) is 16.5. The smallest absolute Gasteiger partial charge is 0.246 e. The molecule has 19 heavy (non-hydrogen) atoms. The van der Waals surface area contributed by atoms with Crippen LogP contribution >= 0.6 is 0 Å². The van der Waals surface area contributed by atoms with Crippen LogP contribution in [0.1, 0.15) is 18.9 Å². The third-order valence-electron chi connectivity index (χ3n) is 4.11. The van der Waals surface area contributed by atoms with Crippen LogP contribution in [-0.4, -0.2) is 43.0 Å². The molecule has 1 heterocycles. The van der Waals surface area contributed by atoms with E-state index >= 15 is 0 Å². The van der Waals surface area contributed by atoms with Gasteiger partial charge in [0.15, 0.2) is 0 Å². The Bertz CT molecular complexity index is 460. The molecule has 4 heteroatoms. The maximum Gasteiger partial charge on any atom is 0.246 e. The van der Waals surface area contributed by atoms with E-state index in [1.165, 1.54) is 5.56 Å². The Morgan fingerprint density at radius 3 is 2.68 bits per heavy atom. The molecule has 1 aromatic carbocycles. The van der Waals surface area contributed by atoms with Gasteiger partial charge in [-0.1, -0.05) is 18.2 Å². The molecule has 2 rings (SSSR count). The van der Waals surface area contributed by atoms with Crippen LogP contribution in [0.2, 0.25) is 0 Å². The van der Waals surface area contributed by atoms with Gasteiger partial charge in [-0.25, -0.2) is 0 Å². The number of nitrogens with zero attached hydrogens (tertiary/aromatic N) is 2. The van der Waals surface area contributed by atoms with Crippen molar-refractivity contribution >= 4 is 11.6 Å². The molecule has 1 aliphatic heterocycles. The van der Waals surface area contributed by atoms with Crippen LogP contribution < -0.4 is 10.6 Å². The maximum absolute atomic E-state index is 12.5. The van der Waals surface area contributed by atoms with Crippen LogP contribution in [0.5, 0.6) is 0 Å². The number of rotatable bonds is 2. The number of anilines is 1. The van der Waals surface area contributed by atoms with Crippen LogP contribution in [0.3, 0.4) is 0 Å². The van der Waals surface area contributed by atoms with Gasteiger partial charge in [0, 0.05) is 31.9 Å². The van der Waals surface area contributed by atoms with Gasteiger partial charge in [-0.15, -0.1) is 0 Å². The van der Waals surface area contributed by atoms with Gasteiger partial charge in [0.2, 0.25) is 5.91 Å². The fourth-order valence-electron chi connectivity index (χ4n) is 2.66. The third-order valence-corrected chi connectivity index (χ3v) is 4.11. The molecule has 2 N–H and O–H groups in total. The van der Waals surface area contributed by atoms with Gasteiger partial charge in [0.1, 0.15) is 6.04 Å². The average Bonchev–Trinajstić information content (AvgIpc) is 2.51. The second-order valence-electron chi connectivity index (χ2n) is 5.32. The molecule has 0 bridgehead atoms. The van der Waals surface area contributed by atoms with Crippen LogP contribution in [0.25, 0.3) is 0 Å². The van der Waals surface area contributed by atoms with Crippen molar-refractivity contribution in [3.63, 3.8) is 0 Å². The third kappa shape index (κ3) is 2.59. The van der Waals surface area contributed by atoms with E-state index in [4.69, 9.17) is 5.73 Å². The van der Waals surface area contributed by atoms with E-state index in [-0.39, 0.29) is 18.0 Å². The Kier molecular flexibility index (Phi) is 4.10. The minimum absolute atomic E-state index is 0.121. The molecule has 104 valence electrons. The van der Waals surface area contributed by atoms with E-state index in [1.54, 1.807) is 0 Å². The Balaban J connectivity index is 2.38. The molecule has 1 fully saturated rings. The van der Waals surface area contributed by atoms with E-state index in [0.29, 0.717) is 6.54 Å². The number of aryl methyl sites for hydroxylation is 1. The summed E-state index contributed by atoms with van der Waals surface area (Å²) >= 11 is 0. The minimum atomic E-state index is -0.254. The van der Waals surface area contributed by atoms with Gasteiger partial charge < -0.3 is 15.5 Å². The molecule has 0 saturated carbocycles. The number of hydrogen-bond acceptors (Lipinski definition) is 3. The van der Waals surface area contributed by atoms with Gasteiger partial charge >= 0.3 is 0 Å². The van der Waals surface area contributed by atoms with Crippen LogP contribution in [0.15, 0.2) is 24.3 Å². The highest BCUT2D eigenvalue weighted by molar-refractivity contribution is 5.86. The lowest BCUT2D eigenvalue weighted by atomic mass is 10.1. The number of hydrogen-bond donors (Lipinski definition) is 1. The van der Waals surface area contributed by atoms with E-state index in [9.17, 15) is 4.79 Å². The van der Waals surface area contributed by atoms with Gasteiger partial charge in [-0.05, 0) is 31.9 Å². The monoisotopic (exact) mass is 261 g/mol. The normalized spacial score (nSPS) is 24.5. The Morgan fingerprint density at radius 2 is 2.05 bits per heavy atom. The summed E-state index contributed by atoms with van der Waals surface area (Å²) < 4.78 is 0. The van der Waals surface area contributed by atoms with Crippen molar-refractivity contribution < 1.29 is 4.79 Å². The van der Waals surface area contributed by atoms with Crippen molar-refractivity contribution in [2.75, 3.05) is 25.0 Å². The van der Waals surface area contributed by atoms with Crippen molar-refractivity contribution in [2.24, 2.45) is 5.73 Å². The zero-order valence-electron chi connectivity index (χ0n) is 12.0. The lowest BCUT2D eigenvalue weighted by molar-refractivity contribution is -0.132. The number of carbonyl (C=O) groups is 1. The molecule has 1 aliphatic rings. The largest absolute Gasteiger partial charge is 0.358 e. The maximum atomic E-state index is 12.5. The first-order valence-electron chi connectivity index (χ1n) is 6.85. The Hall–Kier alpha value is -1.55. The molecule has 0 aliphatic carbocycles. The number of carbonyl (C=O) groups excluding carboxylic acids is 1. The summed E-state index contributed by atoms with van der Waals surface area (Å²) in [6.45, 7) is 5.38. The molecule has 0 aromatic heterocycles. The highest BCUT2D eigenvalue weighted by Crippen LogP contribution is 2.25. The second kappa shape index (κ2) is 5.61. The fraction of sp³-hybridized carbons (Fsp3) is 0.533. The number of nitrogens with two attached hydrogens (primary N) is 1. The molecular formula is C15H23N3O. The molecule has 1 aromatic rings. The van der Waals surface area contributed by atoms with Gasteiger partial charge in [0.25, 0.3) is 0 Å². The van der Waals surface area contributed by atoms with Crippen molar-refractivity contribution in [2.45, 2.75) is 32.4 Å². The van der Waals surface area contributed by atoms with Gasteiger partial charge in [-0.2, -0.15) is 0 Å². The predicted molar refractivity (Wildman–Crippen MR) is 78.2 cm³/mol. The van der Waals surface area contributed by atoms with Crippen molar-refractivity contribution in [1.82, 2.24) is 4.90 Å². The first-order valence-corrected chi connectivity index (χ1v) is 6.85. The predicted octanol–water partition coefficient (Wildman–Crippen LogP) is 1.38. The van der Waals surface area contributed by atoms with E-state index < -0.39 is 0 Å². The van der Waals surface area contributed by atoms with E-state index in [2.05, 4.69) is 30.9 Å². The highest BCUT2D eigenvalue weighted by Gasteiger charge is 2.33. The van der Waals surface area contributed by atoms with Crippen molar-refractivity contribution in [3.8, 4) is 0 Å². The Morgan fingerprint density at radius 1 is 1.37 bits per heavy atom. The first-order chi connectivity index (χ1) is 9.06. The highest BCUT2D eigenvalue weighted by atomic mass is 16.2. The van der Waals surface area contributed by atoms with Crippen LogP contribution in [-0.2, 0) is 4.79 Å². The lowest BCUT2D eigenvalue weighted by Gasteiger charge is -2.32. The van der Waals surface area contributed by atoms with Crippen molar-refractivity contribution in [3.05, 3.63) is 29.8 Å². The zero-order valence-corrected chi connectivity index (χ0v) is 12.0. The number of likely N-dealkylation sites (N-methyl/N-ethyl adjacent to an activating group) is 1. The van der Waals surface area contributed by atoms with E-state index in [0.717, 1.165) is 18.7 Å². The van der Waals surface area contributed by atoms with E-state index in [1.807, 2.05) is 24.1 Å². The summed E-state index contributed by atoms with van der Waals surface area (Å²) in [5.74, 6) is 0.121. The molecular weight excluding hydrogens is 238 g/mol.